The molecule has 1 heteroatoms. The monoisotopic (exact) mass is 587 g/mol. The van der Waals surface area contributed by atoms with Crippen molar-refractivity contribution >= 4 is 21.8 Å². The lowest BCUT2D eigenvalue weighted by atomic mass is 9.81. The first-order valence-electron chi connectivity index (χ1n) is 16.1. The third-order valence-electron chi connectivity index (χ3n) is 9.98. The lowest BCUT2D eigenvalue weighted by molar-refractivity contribution is 0.660. The zero-order chi connectivity index (χ0) is 30.8. The predicted molar refractivity (Wildman–Crippen MR) is 195 cm³/mol. The van der Waals surface area contributed by atoms with E-state index in [0.717, 1.165) is 0 Å². The van der Waals surface area contributed by atoms with Crippen molar-refractivity contribution in [1.29, 1.82) is 0 Å². The minimum absolute atomic E-state index is 0.0419. The van der Waals surface area contributed by atoms with E-state index < -0.39 is 0 Å². The number of hydrogen-bond donors (Lipinski definition) is 0. The minimum atomic E-state index is -0.0419. The zero-order valence-corrected chi connectivity index (χ0v) is 26.0. The van der Waals surface area contributed by atoms with E-state index in [9.17, 15) is 0 Å². The summed E-state index contributed by atoms with van der Waals surface area (Å²) in [5.41, 5.74) is 16.5. The lowest BCUT2D eigenvalue weighted by Crippen LogP contribution is -2.14. The predicted octanol–water partition coefficient (Wildman–Crippen LogP) is 12.1. The van der Waals surface area contributed by atoms with Gasteiger partial charge in [0.25, 0.3) is 0 Å². The fourth-order valence-electron chi connectivity index (χ4n) is 7.65. The van der Waals surface area contributed by atoms with E-state index in [2.05, 4.69) is 182 Å². The normalized spacial score (nSPS) is 13.2. The number of aromatic nitrogens is 1. The van der Waals surface area contributed by atoms with Crippen molar-refractivity contribution in [2.45, 2.75) is 19.3 Å². The molecular weight excluding hydrogens is 555 g/mol. The molecule has 8 aromatic rings. The molecule has 1 nitrogen and oxygen atoms in total. The van der Waals surface area contributed by atoms with Gasteiger partial charge in [0.05, 0.1) is 11.0 Å². The van der Waals surface area contributed by atoms with Gasteiger partial charge in [0.1, 0.15) is 0 Å². The number of hydrogen-bond acceptors (Lipinski definition) is 0. The van der Waals surface area contributed by atoms with Crippen LogP contribution in [0.1, 0.15) is 25.0 Å². The van der Waals surface area contributed by atoms with Crippen molar-refractivity contribution < 1.29 is 0 Å². The van der Waals surface area contributed by atoms with E-state index in [1.807, 2.05) is 0 Å². The third kappa shape index (κ3) is 4.09. The molecule has 0 radical (unpaired) electrons. The molecule has 1 aliphatic carbocycles. The maximum absolute atomic E-state index is 2.43. The first-order chi connectivity index (χ1) is 22.6. The van der Waals surface area contributed by atoms with Crippen LogP contribution in [-0.4, -0.2) is 4.57 Å². The van der Waals surface area contributed by atoms with Crippen molar-refractivity contribution in [3.63, 3.8) is 0 Å². The van der Waals surface area contributed by atoms with Crippen LogP contribution in [-0.2, 0) is 5.41 Å². The summed E-state index contributed by atoms with van der Waals surface area (Å²) in [6, 6.07) is 60.2. The van der Waals surface area contributed by atoms with Crippen molar-refractivity contribution in [2.24, 2.45) is 0 Å². The molecule has 0 fully saturated rings. The molecular formula is C45H33N. The largest absolute Gasteiger partial charge is 0.309 e. The van der Waals surface area contributed by atoms with Gasteiger partial charge in [0, 0.05) is 21.9 Å². The quantitative estimate of drug-likeness (QED) is 0.193. The minimum Gasteiger partial charge on any atom is -0.309 e. The second-order valence-corrected chi connectivity index (χ2v) is 13.0. The summed E-state index contributed by atoms with van der Waals surface area (Å²) in [6.07, 6.45) is 0. The SMILES string of the molecule is CC1(C)c2ccccc2-c2ccc(-c3cc(-c4ccccc4)cc(-c4ccc5c(c4)c4ccccc4n5-c4ccccc4)c3)cc21. The number of benzene rings is 7. The fourth-order valence-corrected chi connectivity index (χ4v) is 7.65. The van der Waals surface area contributed by atoms with Crippen LogP contribution >= 0.6 is 0 Å². The maximum Gasteiger partial charge on any atom is 0.0541 e. The molecule has 0 spiro atoms. The highest BCUT2D eigenvalue weighted by Crippen LogP contribution is 2.50. The second kappa shape index (κ2) is 10.2. The second-order valence-electron chi connectivity index (χ2n) is 13.0. The molecule has 1 aromatic heterocycles. The van der Waals surface area contributed by atoms with Crippen molar-refractivity contribution in [1.82, 2.24) is 4.57 Å². The molecule has 46 heavy (non-hydrogen) atoms. The van der Waals surface area contributed by atoms with Crippen LogP contribution in [0.15, 0.2) is 164 Å². The highest BCUT2D eigenvalue weighted by Gasteiger charge is 2.35. The summed E-state index contributed by atoms with van der Waals surface area (Å²) in [5.74, 6) is 0. The standard InChI is InChI=1S/C45H33N/c1-45(2)41-19-11-9-17-37(41)38-23-21-32(29-42(38)45)35-26-33(30-13-5-3-6-14-30)25-34(27-35)31-22-24-44-40(28-31)39-18-10-12-20-43(39)46(44)36-15-7-4-8-16-36/h3-29H,1-2H3. The lowest BCUT2D eigenvalue weighted by Gasteiger charge is -2.22. The molecule has 0 N–H and O–H groups in total. The van der Waals surface area contributed by atoms with Gasteiger partial charge in [-0.15, -0.1) is 0 Å². The Hall–Kier alpha value is -5.66. The summed E-state index contributed by atoms with van der Waals surface area (Å²) in [4.78, 5) is 0. The summed E-state index contributed by atoms with van der Waals surface area (Å²) in [5, 5.41) is 2.53. The van der Waals surface area contributed by atoms with Gasteiger partial charge in [-0.3, -0.25) is 0 Å². The molecule has 0 amide bonds. The number of para-hydroxylation sites is 2. The first-order valence-corrected chi connectivity index (χ1v) is 16.1. The zero-order valence-electron chi connectivity index (χ0n) is 26.0. The molecule has 218 valence electrons. The van der Waals surface area contributed by atoms with Crippen molar-refractivity contribution in [2.75, 3.05) is 0 Å². The van der Waals surface area contributed by atoms with E-state index >= 15 is 0 Å². The Labute approximate surface area is 270 Å². The van der Waals surface area contributed by atoms with Gasteiger partial charge < -0.3 is 4.57 Å². The molecule has 0 saturated carbocycles. The molecule has 0 aliphatic heterocycles. The molecule has 9 rings (SSSR count). The Kier molecular flexibility index (Phi) is 5.92. The number of rotatable bonds is 4. The smallest absolute Gasteiger partial charge is 0.0541 e. The van der Waals surface area contributed by atoms with Crippen molar-refractivity contribution in [3.05, 3.63) is 175 Å². The van der Waals surface area contributed by atoms with Crippen molar-refractivity contribution in [3.8, 4) is 50.2 Å². The van der Waals surface area contributed by atoms with Crippen LogP contribution in [0.4, 0.5) is 0 Å². The van der Waals surface area contributed by atoms with Gasteiger partial charge in [-0.2, -0.15) is 0 Å². The first kappa shape index (κ1) is 26.7. The van der Waals surface area contributed by atoms with Crippen LogP contribution in [0.3, 0.4) is 0 Å². The summed E-state index contributed by atoms with van der Waals surface area (Å²) in [7, 11) is 0. The highest BCUT2D eigenvalue weighted by molar-refractivity contribution is 6.10. The van der Waals surface area contributed by atoms with Gasteiger partial charge in [-0.1, -0.05) is 123 Å². The summed E-state index contributed by atoms with van der Waals surface area (Å²) >= 11 is 0. The third-order valence-corrected chi connectivity index (χ3v) is 9.98. The highest BCUT2D eigenvalue weighted by atomic mass is 15.0. The summed E-state index contributed by atoms with van der Waals surface area (Å²) < 4.78 is 2.38. The van der Waals surface area contributed by atoms with E-state index in [4.69, 9.17) is 0 Å². The van der Waals surface area contributed by atoms with E-state index in [-0.39, 0.29) is 5.41 Å². The molecule has 1 aliphatic rings. The van der Waals surface area contributed by atoms with Gasteiger partial charge in [0.2, 0.25) is 0 Å². The van der Waals surface area contributed by atoms with Gasteiger partial charge in [-0.05, 0) is 110 Å². The molecule has 0 unspecified atom stereocenters. The van der Waals surface area contributed by atoms with Gasteiger partial charge in [-0.25, -0.2) is 0 Å². The van der Waals surface area contributed by atoms with Crippen LogP contribution in [0.5, 0.6) is 0 Å². The topological polar surface area (TPSA) is 4.93 Å². The molecule has 0 saturated heterocycles. The Morgan fingerprint density at radius 2 is 0.935 bits per heavy atom. The summed E-state index contributed by atoms with van der Waals surface area (Å²) in [6.45, 7) is 4.71. The average molecular weight is 588 g/mol. The van der Waals surface area contributed by atoms with Crippen LogP contribution < -0.4 is 0 Å². The Balaban J connectivity index is 1.24. The van der Waals surface area contributed by atoms with Gasteiger partial charge >= 0.3 is 0 Å². The molecule has 1 heterocycles. The molecule has 0 atom stereocenters. The van der Waals surface area contributed by atoms with Gasteiger partial charge in [0.15, 0.2) is 0 Å². The van der Waals surface area contributed by atoms with E-state index in [0.29, 0.717) is 0 Å². The molecule has 7 aromatic carbocycles. The van der Waals surface area contributed by atoms with E-state index in [1.54, 1.807) is 0 Å². The Morgan fingerprint density at radius 1 is 0.370 bits per heavy atom. The number of nitrogens with zero attached hydrogens (tertiary/aromatic N) is 1. The Morgan fingerprint density at radius 3 is 1.72 bits per heavy atom. The average Bonchev–Trinajstić information content (AvgIpc) is 3.57. The Bertz CT molecular complexity index is 2430. The van der Waals surface area contributed by atoms with Crippen LogP contribution in [0.25, 0.3) is 72.0 Å². The fraction of sp³-hybridized carbons (Fsp3) is 0.0667. The number of fused-ring (bicyclic) bond motifs is 6. The van der Waals surface area contributed by atoms with E-state index in [1.165, 1.54) is 83.1 Å². The maximum atomic E-state index is 2.43. The van der Waals surface area contributed by atoms with Crippen LogP contribution in [0, 0.1) is 0 Å². The molecule has 0 bridgehead atoms. The van der Waals surface area contributed by atoms with Crippen LogP contribution in [0.2, 0.25) is 0 Å².